The first kappa shape index (κ1) is 33.9. The fraction of sp³-hybridized carbons (Fsp3) is 0.0508. The van der Waals surface area contributed by atoms with Gasteiger partial charge in [0.25, 0.3) is 0 Å². The Kier molecular flexibility index (Phi) is 7.04. The first-order valence-corrected chi connectivity index (χ1v) is 21.8. The van der Waals surface area contributed by atoms with Crippen LogP contribution >= 0.6 is 11.3 Å². The normalized spacial score (nSPS) is 13.3. The van der Waals surface area contributed by atoms with Crippen molar-refractivity contribution in [2.24, 2.45) is 0 Å². The highest BCUT2D eigenvalue weighted by Crippen LogP contribution is 2.54. The van der Waals surface area contributed by atoms with E-state index in [0.717, 1.165) is 0 Å². The summed E-state index contributed by atoms with van der Waals surface area (Å²) < 4.78 is 2.75. The van der Waals surface area contributed by atoms with E-state index in [1.165, 1.54) is 130 Å². The third kappa shape index (κ3) is 4.79. The van der Waals surface area contributed by atoms with Crippen LogP contribution in [0.4, 0.5) is 0 Å². The molecule has 0 bridgehead atoms. The summed E-state index contributed by atoms with van der Waals surface area (Å²) in [5.74, 6) is 0. The summed E-state index contributed by atoms with van der Waals surface area (Å²) in [7, 11) is 0. The molecule has 0 atom stereocenters. The molecule has 11 aromatic carbocycles. The standard InChI is InChI=1S/C59H38S/c1-59(2)52-18-10-9-13-45(52)50-29-30-53-56(57(50)59)51-28-26-41-32-40(25-27-44(41)58(51)60-53)37-20-21-39-34-43(24-22-38(39)31-37)55-48-16-7-5-14-46(48)54(47-15-6-8-17-49(47)55)42-23-19-35-11-3-4-12-36(35)33-42/h3-34H,1-2H3. The average Bonchev–Trinajstić information content (AvgIpc) is 3.79. The first-order valence-electron chi connectivity index (χ1n) is 21.0. The Balaban J connectivity index is 0.907. The lowest BCUT2D eigenvalue weighted by Gasteiger charge is -2.22. The van der Waals surface area contributed by atoms with Gasteiger partial charge in [-0.3, -0.25) is 0 Å². The van der Waals surface area contributed by atoms with Gasteiger partial charge >= 0.3 is 0 Å². The number of fused-ring (bicyclic) bond motifs is 13. The van der Waals surface area contributed by atoms with Crippen molar-refractivity contribution in [3.63, 3.8) is 0 Å². The van der Waals surface area contributed by atoms with Crippen LogP contribution in [0.2, 0.25) is 0 Å². The quantitative estimate of drug-likeness (QED) is 0.157. The van der Waals surface area contributed by atoms with Crippen LogP contribution in [0.5, 0.6) is 0 Å². The SMILES string of the molecule is CC1(C)c2ccccc2-c2ccc3sc4c5ccc(-c6ccc7cc(-c8c9ccccc9c(-c9ccc%10ccccc%10c9)c9ccccc89)ccc7c6)cc5ccc4c3c21. The van der Waals surface area contributed by atoms with E-state index in [0.29, 0.717) is 0 Å². The summed E-state index contributed by atoms with van der Waals surface area (Å²) in [5, 5.41) is 15.5. The molecular formula is C59H38S. The Labute approximate surface area is 352 Å². The molecule has 0 radical (unpaired) electrons. The molecule has 12 aromatic rings. The van der Waals surface area contributed by atoms with Crippen LogP contribution in [0, 0.1) is 0 Å². The van der Waals surface area contributed by atoms with Gasteiger partial charge in [0.2, 0.25) is 0 Å². The van der Waals surface area contributed by atoms with Crippen LogP contribution in [0.15, 0.2) is 194 Å². The molecule has 280 valence electrons. The predicted octanol–water partition coefficient (Wildman–Crippen LogP) is 17.1. The lowest BCUT2D eigenvalue weighted by Crippen LogP contribution is -2.15. The average molecular weight is 779 g/mol. The summed E-state index contributed by atoms with van der Waals surface area (Å²) in [4.78, 5) is 0. The summed E-state index contributed by atoms with van der Waals surface area (Å²) in [6.45, 7) is 4.79. The summed E-state index contributed by atoms with van der Waals surface area (Å²) in [6.07, 6.45) is 0. The van der Waals surface area contributed by atoms with E-state index >= 15 is 0 Å². The van der Waals surface area contributed by atoms with Gasteiger partial charge in [-0.25, -0.2) is 0 Å². The van der Waals surface area contributed by atoms with Gasteiger partial charge in [0.1, 0.15) is 0 Å². The monoisotopic (exact) mass is 778 g/mol. The lowest BCUT2D eigenvalue weighted by atomic mass is 9.80. The number of thiophene rings is 1. The second-order valence-corrected chi connectivity index (χ2v) is 18.2. The number of hydrogen-bond acceptors (Lipinski definition) is 1. The Bertz CT molecular complexity index is 3750. The van der Waals surface area contributed by atoms with E-state index < -0.39 is 0 Å². The largest absolute Gasteiger partial charge is 0.135 e. The van der Waals surface area contributed by atoms with Crippen molar-refractivity contribution in [2.75, 3.05) is 0 Å². The smallest absolute Gasteiger partial charge is 0.0433 e. The van der Waals surface area contributed by atoms with Crippen LogP contribution < -0.4 is 0 Å². The minimum Gasteiger partial charge on any atom is -0.135 e. The molecule has 1 heterocycles. The number of benzene rings is 11. The molecule has 0 nitrogen and oxygen atoms in total. The predicted molar refractivity (Wildman–Crippen MR) is 261 cm³/mol. The van der Waals surface area contributed by atoms with Crippen molar-refractivity contribution in [3.8, 4) is 44.5 Å². The van der Waals surface area contributed by atoms with Crippen molar-refractivity contribution < 1.29 is 0 Å². The Morgan fingerprint density at radius 2 is 0.833 bits per heavy atom. The van der Waals surface area contributed by atoms with Gasteiger partial charge in [0.05, 0.1) is 0 Å². The molecule has 0 spiro atoms. The van der Waals surface area contributed by atoms with Crippen molar-refractivity contribution in [2.45, 2.75) is 19.3 Å². The van der Waals surface area contributed by atoms with E-state index in [9.17, 15) is 0 Å². The van der Waals surface area contributed by atoms with Gasteiger partial charge in [0.15, 0.2) is 0 Å². The Hall–Kier alpha value is -7.06. The van der Waals surface area contributed by atoms with Gasteiger partial charge in [-0.15, -0.1) is 11.3 Å². The second-order valence-electron chi connectivity index (χ2n) is 17.2. The van der Waals surface area contributed by atoms with Gasteiger partial charge in [0, 0.05) is 25.6 Å². The molecule has 1 aliphatic carbocycles. The highest BCUT2D eigenvalue weighted by atomic mass is 32.1. The topological polar surface area (TPSA) is 0 Å². The van der Waals surface area contributed by atoms with Crippen LogP contribution in [0.1, 0.15) is 25.0 Å². The Morgan fingerprint density at radius 3 is 1.52 bits per heavy atom. The van der Waals surface area contributed by atoms with E-state index in [1.54, 1.807) is 0 Å². The van der Waals surface area contributed by atoms with Gasteiger partial charge in [-0.2, -0.15) is 0 Å². The Morgan fingerprint density at radius 1 is 0.350 bits per heavy atom. The molecule has 60 heavy (non-hydrogen) atoms. The summed E-state index contributed by atoms with van der Waals surface area (Å²) in [6, 6.07) is 72.9. The molecule has 0 saturated carbocycles. The van der Waals surface area contributed by atoms with Crippen LogP contribution in [-0.4, -0.2) is 0 Å². The molecule has 0 fully saturated rings. The lowest BCUT2D eigenvalue weighted by molar-refractivity contribution is 0.667. The van der Waals surface area contributed by atoms with Gasteiger partial charge in [-0.05, 0) is 140 Å². The zero-order valence-corrected chi connectivity index (χ0v) is 34.2. The molecule has 0 unspecified atom stereocenters. The van der Waals surface area contributed by atoms with Crippen LogP contribution in [0.3, 0.4) is 0 Å². The fourth-order valence-corrected chi connectivity index (χ4v) is 12.0. The molecule has 1 aliphatic rings. The highest BCUT2D eigenvalue weighted by Gasteiger charge is 2.37. The van der Waals surface area contributed by atoms with Crippen molar-refractivity contribution in [3.05, 3.63) is 205 Å². The van der Waals surface area contributed by atoms with E-state index in [4.69, 9.17) is 0 Å². The number of hydrogen-bond donors (Lipinski definition) is 0. The molecule has 1 aromatic heterocycles. The molecule has 13 rings (SSSR count). The molecule has 0 N–H and O–H groups in total. The van der Waals surface area contributed by atoms with Crippen LogP contribution in [-0.2, 0) is 5.41 Å². The summed E-state index contributed by atoms with van der Waals surface area (Å²) in [5.41, 5.74) is 13.2. The van der Waals surface area contributed by atoms with Gasteiger partial charge < -0.3 is 0 Å². The zero-order valence-electron chi connectivity index (χ0n) is 33.4. The molecular weight excluding hydrogens is 741 g/mol. The first-order chi connectivity index (χ1) is 29.5. The number of rotatable bonds is 3. The van der Waals surface area contributed by atoms with Crippen molar-refractivity contribution >= 4 is 85.4 Å². The van der Waals surface area contributed by atoms with E-state index in [-0.39, 0.29) is 5.41 Å². The highest BCUT2D eigenvalue weighted by molar-refractivity contribution is 7.26. The summed E-state index contributed by atoms with van der Waals surface area (Å²) >= 11 is 1.94. The van der Waals surface area contributed by atoms with Crippen molar-refractivity contribution in [1.82, 2.24) is 0 Å². The van der Waals surface area contributed by atoms with Crippen LogP contribution in [0.25, 0.3) is 119 Å². The van der Waals surface area contributed by atoms with E-state index in [1.807, 2.05) is 11.3 Å². The molecule has 0 amide bonds. The fourth-order valence-electron chi connectivity index (χ4n) is 10.8. The van der Waals surface area contributed by atoms with Crippen molar-refractivity contribution in [1.29, 1.82) is 0 Å². The minimum atomic E-state index is -0.0419. The molecule has 0 saturated heterocycles. The maximum Gasteiger partial charge on any atom is 0.0433 e. The second kappa shape index (κ2) is 12.5. The third-order valence-corrected chi connectivity index (χ3v) is 14.8. The van der Waals surface area contributed by atoms with E-state index in [2.05, 4.69) is 208 Å². The maximum atomic E-state index is 2.40. The minimum absolute atomic E-state index is 0.0419. The zero-order chi connectivity index (χ0) is 39.7. The van der Waals surface area contributed by atoms with Gasteiger partial charge in [-0.1, -0.05) is 178 Å². The molecule has 1 heteroatoms. The molecule has 0 aliphatic heterocycles. The third-order valence-electron chi connectivity index (χ3n) is 13.6. The maximum absolute atomic E-state index is 2.40.